The van der Waals surface area contributed by atoms with Gasteiger partial charge in [0.2, 0.25) is 0 Å². The van der Waals surface area contributed by atoms with Crippen LogP contribution in [0.1, 0.15) is 11.1 Å². The van der Waals surface area contributed by atoms with E-state index in [0.717, 1.165) is 16.3 Å². The molecule has 0 unspecified atom stereocenters. The highest BCUT2D eigenvalue weighted by molar-refractivity contribution is 6.30. The first-order valence-corrected chi connectivity index (χ1v) is 47.7. The summed E-state index contributed by atoms with van der Waals surface area (Å²) in [5.41, 5.74) is 23.6. The maximum Gasteiger partial charge on any atom is 0.0708 e. The summed E-state index contributed by atoms with van der Waals surface area (Å²) in [5.74, 6) is 0. The number of rotatable bonds is 8. The van der Waals surface area contributed by atoms with Crippen molar-refractivity contribution in [2.24, 2.45) is 0 Å². The zero-order valence-electron chi connectivity index (χ0n) is 76.2. The molecule has 138 heavy (non-hydrogen) atoms. The Balaban J connectivity index is 0.0000000952. The minimum Gasteiger partial charge on any atom is -0.264 e. The molecule has 27 aromatic carbocycles. The van der Waals surface area contributed by atoms with E-state index in [1.165, 1.54) is 267 Å². The van der Waals surface area contributed by atoms with Gasteiger partial charge in [-0.25, -0.2) is 0 Å². The van der Waals surface area contributed by atoms with Crippen molar-refractivity contribution in [2.45, 2.75) is 13.8 Å². The second kappa shape index (κ2) is 33.7. The summed E-state index contributed by atoms with van der Waals surface area (Å²) in [6, 6.07) is 175. The van der Waals surface area contributed by atoms with Crippen molar-refractivity contribution >= 4 is 183 Å². The molecule has 0 saturated heterocycles. The molecule has 0 aliphatic rings. The van der Waals surface area contributed by atoms with Gasteiger partial charge < -0.3 is 0 Å². The molecular formula is C136H88N2. The average Bonchev–Trinajstić information content (AvgIpc) is 0.760. The summed E-state index contributed by atoms with van der Waals surface area (Å²) >= 11 is 0. The fourth-order valence-corrected chi connectivity index (χ4v) is 22.2. The lowest BCUT2D eigenvalue weighted by atomic mass is 9.87. The first-order chi connectivity index (χ1) is 68.2. The van der Waals surface area contributed by atoms with Gasteiger partial charge in [0.1, 0.15) is 0 Å². The molecule has 0 N–H and O–H groups in total. The Morgan fingerprint density at radius 3 is 1.03 bits per heavy atom. The van der Waals surface area contributed by atoms with Gasteiger partial charge in [-0.2, -0.15) is 0 Å². The van der Waals surface area contributed by atoms with E-state index in [2.05, 4.69) is 497 Å². The third-order valence-corrected chi connectivity index (χ3v) is 28.8. The van der Waals surface area contributed by atoms with Crippen LogP contribution in [-0.2, 0) is 0 Å². The van der Waals surface area contributed by atoms with Crippen molar-refractivity contribution in [1.82, 2.24) is 9.97 Å². The van der Waals surface area contributed by atoms with Crippen molar-refractivity contribution in [2.75, 3.05) is 0 Å². The predicted molar refractivity (Wildman–Crippen MR) is 594 cm³/mol. The second-order valence-electron chi connectivity index (χ2n) is 37.1. The molecule has 2 heteroatoms. The standard InChI is InChI=1S/C37H23N.C34H24.C33H21N.C32H20/c1-2-9-33-31(7-1)32-8-3-4-10-34(32)36-22-28(17-18-35(33)36)26-14-11-24-12-15-27(21-30(24)20-26)29-16-13-25-6-5-19-38-37(25)23-29;1-21-15-22(2)17-29(16-21)30-19-27-10-8-24-11-13-31(32-14-12-28(20-30)33(27)34(24)32)26-9-7-23-5-3-4-6-25(23)18-26;1-2-10-30-28(8-1)29-9-3-4-11-31(29)33-20-25(14-15-32(30)33)23-7-5-6-22(18-23)24-12-13-27-21-34-17-16-26(27)19-24;1-2-7-21(8-3-1)27-17-18-28(30-12-5-4-11-29(27)30)26-19-24-15-13-22-9-6-10-23-14-16-25(20-26)32(24)31(22)23/h1-23H;3-20H,1-2H3;1-21H;1-20H. The van der Waals surface area contributed by atoms with Crippen LogP contribution < -0.4 is 0 Å². The van der Waals surface area contributed by atoms with Gasteiger partial charge in [0.25, 0.3) is 0 Å². The minimum atomic E-state index is 1.02. The van der Waals surface area contributed by atoms with Crippen LogP contribution in [0.25, 0.3) is 272 Å². The highest BCUT2D eigenvalue weighted by atomic mass is 14.6. The molecular weight excluding hydrogens is 1660 g/mol. The van der Waals surface area contributed by atoms with Crippen molar-refractivity contribution in [3.05, 3.63) is 509 Å². The van der Waals surface area contributed by atoms with Gasteiger partial charge in [0, 0.05) is 29.4 Å². The highest BCUT2D eigenvalue weighted by Gasteiger charge is 2.20. The molecule has 0 amide bonds. The van der Waals surface area contributed by atoms with E-state index in [4.69, 9.17) is 0 Å². The van der Waals surface area contributed by atoms with Crippen LogP contribution in [0.2, 0.25) is 0 Å². The number of aromatic nitrogens is 2. The molecule has 0 aliphatic carbocycles. The molecule has 0 atom stereocenters. The quantitative estimate of drug-likeness (QED) is 0.142. The number of pyridine rings is 2. The van der Waals surface area contributed by atoms with Crippen LogP contribution >= 0.6 is 0 Å². The molecule has 2 nitrogen and oxygen atoms in total. The summed E-state index contributed by atoms with van der Waals surface area (Å²) < 4.78 is 0. The maximum absolute atomic E-state index is 4.55. The summed E-state index contributed by atoms with van der Waals surface area (Å²) in [5, 5.41) is 42.8. The number of hydrogen-bond acceptors (Lipinski definition) is 2. The Bertz CT molecular complexity index is 9780. The monoisotopic (exact) mass is 1750 g/mol. The van der Waals surface area contributed by atoms with Gasteiger partial charge >= 0.3 is 0 Å². The van der Waals surface area contributed by atoms with Crippen LogP contribution in [0.15, 0.2) is 498 Å². The molecule has 0 saturated carbocycles. The Morgan fingerprint density at radius 2 is 0.457 bits per heavy atom. The zero-order valence-corrected chi connectivity index (χ0v) is 76.2. The molecule has 29 aromatic rings. The van der Waals surface area contributed by atoms with Gasteiger partial charge in [-0.1, -0.05) is 405 Å². The fraction of sp³-hybridized carbons (Fsp3) is 0.0147. The van der Waals surface area contributed by atoms with Crippen LogP contribution in [0.3, 0.4) is 0 Å². The summed E-state index contributed by atoms with van der Waals surface area (Å²) in [6.45, 7) is 4.35. The first-order valence-electron chi connectivity index (χ1n) is 47.7. The SMILES string of the molecule is Cc1cc(C)cc(-c2cc3ccc4ccc(-c5ccc6ccccc6c5)c5ccc(c2)c3c45)c1.c1cc(-c2ccc3cnccc3c2)cc(-c2ccc3c4ccccc4c4ccccc4c3c2)c1.c1ccc(-c2ccc(-c3cc4ccc5cccc6ccc(c3)c4c56)c3ccccc23)cc1.c1cnc2cc(-c3ccc4ccc(-c5ccc6c7ccccc7c7ccccc7c6c5)cc4c3)ccc2c1. The van der Waals surface area contributed by atoms with E-state index in [-0.39, 0.29) is 0 Å². The normalized spacial score (nSPS) is 11.7. The number of hydrogen-bond donors (Lipinski definition) is 0. The lowest BCUT2D eigenvalue weighted by Gasteiger charge is -2.16. The van der Waals surface area contributed by atoms with E-state index < -0.39 is 0 Å². The van der Waals surface area contributed by atoms with E-state index in [1.54, 1.807) is 0 Å². The van der Waals surface area contributed by atoms with Gasteiger partial charge in [-0.3, -0.25) is 9.97 Å². The van der Waals surface area contributed by atoms with Gasteiger partial charge in [-0.05, 0) is 355 Å². The smallest absolute Gasteiger partial charge is 0.0708 e. The summed E-state index contributed by atoms with van der Waals surface area (Å²) in [7, 11) is 0. The molecule has 29 rings (SSSR count). The molecule has 0 radical (unpaired) electrons. The van der Waals surface area contributed by atoms with E-state index in [9.17, 15) is 0 Å². The Morgan fingerprint density at radius 1 is 0.138 bits per heavy atom. The van der Waals surface area contributed by atoms with Crippen molar-refractivity contribution in [3.8, 4) is 89.0 Å². The molecule has 0 fully saturated rings. The van der Waals surface area contributed by atoms with E-state index >= 15 is 0 Å². The van der Waals surface area contributed by atoms with Gasteiger partial charge in [0.05, 0.1) is 5.52 Å². The lowest BCUT2D eigenvalue weighted by molar-refractivity contribution is 1.36. The third kappa shape index (κ3) is 14.4. The highest BCUT2D eigenvalue weighted by Crippen LogP contribution is 2.47. The van der Waals surface area contributed by atoms with Gasteiger partial charge in [-0.15, -0.1) is 0 Å². The van der Waals surface area contributed by atoms with Crippen LogP contribution in [-0.4, -0.2) is 9.97 Å². The Labute approximate surface area is 799 Å². The number of nitrogens with zero attached hydrogens (tertiary/aromatic N) is 2. The minimum absolute atomic E-state index is 1.02. The average molecular weight is 1750 g/mol. The number of aryl methyl sites for hydroxylation is 2. The Kier molecular flexibility index (Phi) is 19.8. The second-order valence-corrected chi connectivity index (χ2v) is 37.1. The zero-order chi connectivity index (χ0) is 91.4. The van der Waals surface area contributed by atoms with Crippen LogP contribution in [0, 0.1) is 13.8 Å². The predicted octanol–water partition coefficient (Wildman–Crippen LogP) is 38.0. The van der Waals surface area contributed by atoms with E-state index in [1.807, 2.05) is 24.7 Å². The van der Waals surface area contributed by atoms with Crippen LogP contribution in [0.5, 0.6) is 0 Å². The van der Waals surface area contributed by atoms with E-state index in [0.29, 0.717) is 0 Å². The van der Waals surface area contributed by atoms with Crippen LogP contribution in [0.4, 0.5) is 0 Å². The van der Waals surface area contributed by atoms with Crippen molar-refractivity contribution in [3.63, 3.8) is 0 Å². The fourth-order valence-electron chi connectivity index (χ4n) is 22.2. The van der Waals surface area contributed by atoms with Crippen molar-refractivity contribution < 1.29 is 0 Å². The summed E-state index contributed by atoms with van der Waals surface area (Å²) in [6.07, 6.45) is 5.62. The third-order valence-electron chi connectivity index (χ3n) is 28.8. The lowest BCUT2D eigenvalue weighted by Crippen LogP contribution is -1.89. The molecule has 0 aliphatic heterocycles. The molecule has 642 valence electrons. The first kappa shape index (κ1) is 81.0. The summed E-state index contributed by atoms with van der Waals surface area (Å²) in [4.78, 5) is 8.78. The van der Waals surface area contributed by atoms with Gasteiger partial charge in [0.15, 0.2) is 0 Å². The molecule has 0 bridgehead atoms. The molecule has 2 heterocycles. The largest absolute Gasteiger partial charge is 0.264 e. The maximum atomic E-state index is 4.55. The topological polar surface area (TPSA) is 25.8 Å². The molecule has 2 aromatic heterocycles. The molecule has 0 spiro atoms. The Hall–Kier alpha value is -17.8. The number of benzene rings is 27. The number of fused-ring (bicyclic) bond motifs is 17. The van der Waals surface area contributed by atoms with Crippen molar-refractivity contribution in [1.29, 1.82) is 0 Å².